The van der Waals surface area contributed by atoms with Crippen LogP contribution in [-0.4, -0.2) is 31.2 Å². The molecule has 0 unspecified atom stereocenters. The molecule has 4 heteroatoms. The Morgan fingerprint density at radius 2 is 2.06 bits per heavy atom. The molecule has 0 aromatic carbocycles. The van der Waals surface area contributed by atoms with Crippen molar-refractivity contribution in [2.75, 3.05) is 31.1 Å². The zero-order valence-corrected chi connectivity index (χ0v) is 10.2. The van der Waals surface area contributed by atoms with E-state index in [4.69, 9.17) is 0 Å². The maximum absolute atomic E-state index is 13.8. The Morgan fingerprint density at radius 1 is 1.35 bits per heavy atom. The standard InChI is InChI=1S/C13H18FN3/c1-10-6-11(14)12(16-7-10)17-4-2-13(3-5-17)8-15-9-13/h6-7,15H,2-5,8-9H2,1H3. The van der Waals surface area contributed by atoms with Crippen molar-refractivity contribution < 1.29 is 4.39 Å². The minimum absolute atomic E-state index is 0.187. The summed E-state index contributed by atoms with van der Waals surface area (Å²) in [5.41, 5.74) is 1.38. The van der Waals surface area contributed by atoms with Gasteiger partial charge in [-0.2, -0.15) is 0 Å². The van der Waals surface area contributed by atoms with Gasteiger partial charge in [0.1, 0.15) is 0 Å². The Balaban J connectivity index is 1.73. The summed E-state index contributed by atoms with van der Waals surface area (Å²) in [5.74, 6) is 0.338. The van der Waals surface area contributed by atoms with E-state index in [9.17, 15) is 4.39 Å². The van der Waals surface area contributed by atoms with E-state index in [2.05, 4.69) is 15.2 Å². The summed E-state index contributed by atoms with van der Waals surface area (Å²) in [6.45, 7) is 5.98. The van der Waals surface area contributed by atoms with E-state index in [1.54, 1.807) is 12.3 Å². The van der Waals surface area contributed by atoms with Crippen molar-refractivity contribution in [3.63, 3.8) is 0 Å². The van der Waals surface area contributed by atoms with E-state index in [1.165, 1.54) is 0 Å². The Labute approximate surface area is 101 Å². The highest BCUT2D eigenvalue weighted by Crippen LogP contribution is 2.36. The number of halogens is 1. The third-order valence-corrected chi connectivity index (χ3v) is 4.08. The molecule has 3 heterocycles. The third-order valence-electron chi connectivity index (χ3n) is 4.08. The van der Waals surface area contributed by atoms with Gasteiger partial charge < -0.3 is 10.2 Å². The number of piperidine rings is 1. The molecular weight excluding hydrogens is 217 g/mol. The van der Waals surface area contributed by atoms with Gasteiger partial charge in [0.05, 0.1) is 0 Å². The molecule has 1 aromatic rings. The minimum atomic E-state index is -0.187. The van der Waals surface area contributed by atoms with E-state index in [1.807, 2.05) is 6.92 Å². The van der Waals surface area contributed by atoms with Crippen LogP contribution in [0.5, 0.6) is 0 Å². The van der Waals surface area contributed by atoms with Gasteiger partial charge in [0.25, 0.3) is 0 Å². The average molecular weight is 235 g/mol. The van der Waals surface area contributed by atoms with Crippen molar-refractivity contribution >= 4 is 5.82 Å². The normalized spacial score (nSPS) is 22.6. The summed E-state index contributed by atoms with van der Waals surface area (Å²) in [5, 5.41) is 3.34. The van der Waals surface area contributed by atoms with Gasteiger partial charge >= 0.3 is 0 Å². The molecule has 1 aromatic heterocycles. The first-order valence-electron chi connectivity index (χ1n) is 6.26. The zero-order chi connectivity index (χ0) is 11.9. The molecule has 17 heavy (non-hydrogen) atoms. The quantitative estimate of drug-likeness (QED) is 0.803. The molecule has 0 atom stereocenters. The predicted octanol–water partition coefficient (Wildman–Crippen LogP) is 1.72. The van der Waals surface area contributed by atoms with Crippen LogP contribution in [0.3, 0.4) is 0 Å². The number of aromatic nitrogens is 1. The second-order valence-corrected chi connectivity index (χ2v) is 5.41. The SMILES string of the molecule is Cc1cnc(N2CCC3(CC2)CNC3)c(F)c1. The molecule has 2 fully saturated rings. The van der Waals surface area contributed by atoms with Gasteiger partial charge in [-0.25, -0.2) is 9.37 Å². The first kappa shape index (κ1) is 11.0. The van der Waals surface area contributed by atoms with Crippen molar-refractivity contribution in [2.45, 2.75) is 19.8 Å². The molecular formula is C13H18FN3. The molecule has 1 N–H and O–H groups in total. The molecule has 0 bridgehead atoms. The van der Waals surface area contributed by atoms with Crippen LogP contribution in [0.1, 0.15) is 18.4 Å². The third kappa shape index (κ3) is 1.90. The number of aryl methyl sites for hydroxylation is 1. The van der Waals surface area contributed by atoms with E-state index >= 15 is 0 Å². The van der Waals surface area contributed by atoms with Crippen LogP contribution in [0.4, 0.5) is 10.2 Å². The Morgan fingerprint density at radius 3 is 2.59 bits per heavy atom. The monoisotopic (exact) mass is 235 g/mol. The zero-order valence-electron chi connectivity index (χ0n) is 10.2. The first-order chi connectivity index (χ1) is 8.19. The van der Waals surface area contributed by atoms with Crippen molar-refractivity contribution in [3.05, 3.63) is 23.6 Å². The Hall–Kier alpha value is -1.16. The molecule has 3 rings (SSSR count). The van der Waals surface area contributed by atoms with Crippen LogP contribution in [-0.2, 0) is 0 Å². The molecule has 3 nitrogen and oxygen atoms in total. The van der Waals surface area contributed by atoms with E-state index in [0.717, 1.165) is 44.6 Å². The number of rotatable bonds is 1. The lowest BCUT2D eigenvalue weighted by Crippen LogP contribution is -2.58. The van der Waals surface area contributed by atoms with Crippen LogP contribution < -0.4 is 10.2 Å². The van der Waals surface area contributed by atoms with Gasteiger partial charge in [0, 0.05) is 32.4 Å². The van der Waals surface area contributed by atoms with Gasteiger partial charge in [-0.3, -0.25) is 0 Å². The summed E-state index contributed by atoms with van der Waals surface area (Å²) in [6.07, 6.45) is 4.04. The molecule has 0 radical (unpaired) electrons. The molecule has 92 valence electrons. The van der Waals surface area contributed by atoms with Crippen molar-refractivity contribution in [1.29, 1.82) is 0 Å². The van der Waals surface area contributed by atoms with Crippen LogP contribution in [0, 0.1) is 18.2 Å². The van der Waals surface area contributed by atoms with Gasteiger partial charge in [-0.15, -0.1) is 0 Å². The number of hydrogen-bond donors (Lipinski definition) is 1. The minimum Gasteiger partial charge on any atom is -0.354 e. The number of anilines is 1. The summed E-state index contributed by atoms with van der Waals surface area (Å²) in [4.78, 5) is 6.31. The topological polar surface area (TPSA) is 28.2 Å². The number of nitrogens with one attached hydrogen (secondary N) is 1. The highest BCUT2D eigenvalue weighted by Gasteiger charge is 2.40. The van der Waals surface area contributed by atoms with Gasteiger partial charge in [0.2, 0.25) is 0 Å². The Bertz CT molecular complexity index is 419. The van der Waals surface area contributed by atoms with Crippen LogP contribution >= 0.6 is 0 Å². The smallest absolute Gasteiger partial charge is 0.165 e. The second-order valence-electron chi connectivity index (χ2n) is 5.41. The van der Waals surface area contributed by atoms with Crippen LogP contribution in [0.15, 0.2) is 12.3 Å². The number of nitrogens with zero attached hydrogens (tertiary/aromatic N) is 2. The molecule has 0 saturated carbocycles. The molecule has 1 spiro atoms. The lowest BCUT2D eigenvalue weighted by atomic mass is 9.73. The maximum atomic E-state index is 13.8. The molecule has 2 aliphatic rings. The van der Waals surface area contributed by atoms with Crippen LogP contribution in [0.25, 0.3) is 0 Å². The average Bonchev–Trinajstić information content (AvgIpc) is 2.27. The largest absolute Gasteiger partial charge is 0.354 e. The lowest BCUT2D eigenvalue weighted by Gasteiger charge is -2.48. The van der Waals surface area contributed by atoms with E-state index in [0.29, 0.717) is 11.2 Å². The summed E-state index contributed by atoms with van der Waals surface area (Å²) >= 11 is 0. The van der Waals surface area contributed by atoms with E-state index < -0.39 is 0 Å². The summed E-state index contributed by atoms with van der Waals surface area (Å²) in [7, 11) is 0. The van der Waals surface area contributed by atoms with Crippen molar-refractivity contribution in [1.82, 2.24) is 10.3 Å². The maximum Gasteiger partial charge on any atom is 0.165 e. The molecule has 2 saturated heterocycles. The predicted molar refractivity (Wildman–Crippen MR) is 65.7 cm³/mol. The van der Waals surface area contributed by atoms with Crippen LogP contribution in [0.2, 0.25) is 0 Å². The number of hydrogen-bond acceptors (Lipinski definition) is 3. The molecule has 2 aliphatic heterocycles. The highest BCUT2D eigenvalue weighted by atomic mass is 19.1. The first-order valence-corrected chi connectivity index (χ1v) is 6.26. The second kappa shape index (κ2) is 3.95. The van der Waals surface area contributed by atoms with Crippen molar-refractivity contribution in [2.24, 2.45) is 5.41 Å². The highest BCUT2D eigenvalue weighted by molar-refractivity contribution is 5.41. The fourth-order valence-electron chi connectivity index (χ4n) is 2.78. The molecule has 0 amide bonds. The number of pyridine rings is 1. The fourth-order valence-corrected chi connectivity index (χ4v) is 2.78. The summed E-state index contributed by atoms with van der Waals surface area (Å²) < 4.78 is 13.8. The van der Waals surface area contributed by atoms with Gasteiger partial charge in [0.15, 0.2) is 11.6 Å². The lowest BCUT2D eigenvalue weighted by molar-refractivity contribution is 0.126. The molecule has 0 aliphatic carbocycles. The van der Waals surface area contributed by atoms with Gasteiger partial charge in [-0.05, 0) is 36.8 Å². The van der Waals surface area contributed by atoms with Gasteiger partial charge in [-0.1, -0.05) is 0 Å². The van der Waals surface area contributed by atoms with Crippen molar-refractivity contribution in [3.8, 4) is 0 Å². The fraction of sp³-hybridized carbons (Fsp3) is 0.615. The summed E-state index contributed by atoms with van der Waals surface area (Å²) in [6, 6.07) is 1.57. The Kier molecular flexibility index (Phi) is 2.54. The van der Waals surface area contributed by atoms with E-state index in [-0.39, 0.29) is 5.82 Å².